The highest BCUT2D eigenvalue weighted by molar-refractivity contribution is 5.96. The van der Waals surface area contributed by atoms with Crippen LogP contribution in [0.4, 0.5) is 19.0 Å². The highest BCUT2D eigenvalue weighted by Gasteiger charge is 2.42. The molecule has 11 heteroatoms. The molecule has 8 nitrogen and oxygen atoms in total. The van der Waals surface area contributed by atoms with E-state index in [-0.39, 0.29) is 42.2 Å². The van der Waals surface area contributed by atoms with Gasteiger partial charge in [0.05, 0.1) is 12.7 Å². The van der Waals surface area contributed by atoms with E-state index >= 15 is 0 Å². The van der Waals surface area contributed by atoms with Crippen molar-refractivity contribution in [2.75, 3.05) is 12.0 Å². The fourth-order valence-electron chi connectivity index (χ4n) is 5.78. The van der Waals surface area contributed by atoms with Crippen molar-refractivity contribution in [1.29, 1.82) is 0 Å². The Kier molecular flexibility index (Phi) is 8.05. The molecule has 2 aliphatic rings. The molecule has 0 aliphatic carbocycles. The molecule has 2 unspecified atom stereocenters. The van der Waals surface area contributed by atoms with Crippen LogP contribution in [-0.2, 0) is 6.54 Å². The van der Waals surface area contributed by atoms with E-state index in [1.54, 1.807) is 13.2 Å². The Balaban J connectivity index is 1.15. The van der Waals surface area contributed by atoms with Crippen LogP contribution in [0, 0.1) is 6.92 Å². The molecule has 2 bridgehead atoms. The van der Waals surface area contributed by atoms with Gasteiger partial charge in [-0.15, -0.1) is 13.2 Å². The summed E-state index contributed by atoms with van der Waals surface area (Å²) in [6, 6.07) is 14.9. The molecule has 2 atom stereocenters. The number of amides is 2. The third-order valence-electron chi connectivity index (χ3n) is 7.70. The van der Waals surface area contributed by atoms with Crippen LogP contribution in [0.5, 0.6) is 11.5 Å². The number of carbonyl (C=O) groups is 2. The van der Waals surface area contributed by atoms with Crippen molar-refractivity contribution in [3.05, 3.63) is 83.0 Å². The van der Waals surface area contributed by atoms with Gasteiger partial charge in [-0.3, -0.25) is 9.59 Å². The number of halogens is 3. The monoisotopic (exact) mass is 568 g/mol. The number of methoxy groups -OCH3 is 1. The summed E-state index contributed by atoms with van der Waals surface area (Å²) in [5.41, 5.74) is 2.44. The van der Waals surface area contributed by atoms with Gasteiger partial charge in [0.1, 0.15) is 17.3 Å². The van der Waals surface area contributed by atoms with Crippen molar-refractivity contribution in [3.8, 4) is 11.5 Å². The minimum absolute atomic E-state index is 0.0565. The number of anilines is 1. The number of pyridine rings is 1. The minimum atomic E-state index is -4.75. The molecule has 2 N–H and O–H groups in total. The second kappa shape index (κ2) is 11.7. The number of benzene rings is 2. The Morgan fingerprint density at radius 3 is 2.32 bits per heavy atom. The molecule has 2 aliphatic heterocycles. The molecule has 2 amide bonds. The van der Waals surface area contributed by atoms with Crippen molar-refractivity contribution >= 4 is 17.6 Å². The molecule has 2 aromatic carbocycles. The van der Waals surface area contributed by atoms with E-state index in [9.17, 15) is 22.8 Å². The van der Waals surface area contributed by atoms with Gasteiger partial charge in [-0.2, -0.15) is 0 Å². The van der Waals surface area contributed by atoms with E-state index in [4.69, 9.17) is 4.74 Å². The molecular formula is C30H31F3N4O4. The smallest absolute Gasteiger partial charge is 0.496 e. The van der Waals surface area contributed by atoms with Crippen LogP contribution in [0.15, 0.2) is 60.8 Å². The number of rotatable bonds is 8. The third-order valence-corrected chi connectivity index (χ3v) is 7.70. The molecule has 2 fully saturated rings. The molecule has 216 valence electrons. The first-order valence-electron chi connectivity index (χ1n) is 13.4. The fraction of sp³-hybridized carbons (Fsp3) is 0.367. The Labute approximate surface area is 235 Å². The first-order chi connectivity index (χ1) is 19.6. The average Bonchev–Trinajstić information content (AvgIpc) is 3.21. The number of hydrogen-bond donors (Lipinski definition) is 2. The summed E-state index contributed by atoms with van der Waals surface area (Å²) in [7, 11) is 1.59. The Morgan fingerprint density at radius 1 is 1.00 bits per heavy atom. The van der Waals surface area contributed by atoms with Crippen molar-refractivity contribution < 1.29 is 32.2 Å². The van der Waals surface area contributed by atoms with Crippen LogP contribution in [-0.4, -0.2) is 48.4 Å². The van der Waals surface area contributed by atoms with Gasteiger partial charge in [-0.05, 0) is 74.6 Å². The number of aromatic nitrogens is 1. The van der Waals surface area contributed by atoms with Gasteiger partial charge in [0.25, 0.3) is 11.8 Å². The predicted octanol–water partition coefficient (Wildman–Crippen LogP) is 5.16. The maximum atomic E-state index is 13.0. The maximum Gasteiger partial charge on any atom is 0.573 e. The quantitative estimate of drug-likeness (QED) is 0.390. The summed E-state index contributed by atoms with van der Waals surface area (Å²) in [4.78, 5) is 32.5. The number of carbonyl (C=O) groups excluding carboxylic acids is 2. The molecule has 5 rings (SSSR count). The number of nitrogens with one attached hydrogen (secondary N) is 2. The topological polar surface area (TPSA) is 92.8 Å². The van der Waals surface area contributed by atoms with Gasteiger partial charge >= 0.3 is 6.36 Å². The summed E-state index contributed by atoms with van der Waals surface area (Å²) in [6.45, 7) is 2.02. The summed E-state index contributed by atoms with van der Waals surface area (Å²) in [5.74, 6) is 0.724. The van der Waals surface area contributed by atoms with Gasteiger partial charge in [0.15, 0.2) is 0 Å². The van der Waals surface area contributed by atoms with Gasteiger partial charge in [-0.1, -0.05) is 18.2 Å². The summed E-state index contributed by atoms with van der Waals surface area (Å²) < 4.78 is 46.2. The van der Waals surface area contributed by atoms with E-state index < -0.39 is 6.36 Å². The van der Waals surface area contributed by atoms with E-state index in [2.05, 4.69) is 25.3 Å². The predicted molar refractivity (Wildman–Crippen MR) is 146 cm³/mol. The zero-order valence-corrected chi connectivity index (χ0v) is 22.7. The first kappa shape index (κ1) is 28.3. The zero-order chi connectivity index (χ0) is 29.1. The Bertz CT molecular complexity index is 1380. The van der Waals surface area contributed by atoms with Crippen molar-refractivity contribution in [3.63, 3.8) is 0 Å². The number of piperidine rings is 1. The SMILES string of the molecule is COc1cccc(C(=O)NC2CC3CCC(C2)N3c2ccc(C(=O)NCc3ccc(OC(F)(F)F)cc3)cn2)c1C. The third kappa shape index (κ3) is 6.55. The largest absolute Gasteiger partial charge is 0.573 e. The van der Waals surface area contributed by atoms with Crippen LogP contribution in [0.2, 0.25) is 0 Å². The highest BCUT2D eigenvalue weighted by atomic mass is 19.4. The number of fused-ring (bicyclic) bond motifs is 2. The van der Waals surface area contributed by atoms with Crippen LogP contribution in [0.1, 0.15) is 57.5 Å². The standard InChI is InChI=1S/C30H31F3N4O4/c1-18-25(4-3-5-26(18)40-2)29(39)36-21-14-22-9-10-23(15-21)37(22)27-13-8-20(17-34-27)28(38)35-16-19-6-11-24(12-7-19)41-30(31,32)33/h3-8,11-13,17,21-23H,9-10,14-16H2,1-2H3,(H,35,38)(H,36,39). The second-order valence-corrected chi connectivity index (χ2v) is 10.3. The lowest BCUT2D eigenvalue weighted by Crippen LogP contribution is -2.50. The molecule has 3 aromatic rings. The highest BCUT2D eigenvalue weighted by Crippen LogP contribution is 2.38. The van der Waals surface area contributed by atoms with E-state index in [0.717, 1.165) is 37.1 Å². The molecule has 0 radical (unpaired) electrons. The average molecular weight is 569 g/mol. The molecule has 0 spiro atoms. The normalized spacial score (nSPS) is 19.9. The first-order valence-corrected chi connectivity index (χ1v) is 13.4. The number of alkyl halides is 3. The number of ether oxygens (including phenoxy) is 2. The lowest BCUT2D eigenvalue weighted by Gasteiger charge is -2.40. The van der Waals surface area contributed by atoms with Gasteiger partial charge in [0.2, 0.25) is 0 Å². The molecular weight excluding hydrogens is 537 g/mol. The van der Waals surface area contributed by atoms with Crippen LogP contribution >= 0.6 is 0 Å². The minimum Gasteiger partial charge on any atom is -0.496 e. The summed E-state index contributed by atoms with van der Waals surface area (Å²) >= 11 is 0. The Hall–Kier alpha value is -4.28. The number of hydrogen-bond acceptors (Lipinski definition) is 6. The van der Waals surface area contributed by atoms with E-state index in [1.807, 2.05) is 31.2 Å². The molecule has 2 saturated heterocycles. The van der Waals surface area contributed by atoms with Crippen LogP contribution in [0.3, 0.4) is 0 Å². The molecule has 0 saturated carbocycles. The summed E-state index contributed by atoms with van der Waals surface area (Å²) in [6.07, 6.45) is 0.405. The lowest BCUT2D eigenvalue weighted by atomic mass is 9.96. The van der Waals surface area contributed by atoms with Gasteiger partial charge < -0.3 is 25.0 Å². The van der Waals surface area contributed by atoms with Crippen LogP contribution in [0.25, 0.3) is 0 Å². The lowest BCUT2D eigenvalue weighted by molar-refractivity contribution is -0.274. The molecule has 3 heterocycles. The van der Waals surface area contributed by atoms with Crippen LogP contribution < -0.4 is 25.0 Å². The second-order valence-electron chi connectivity index (χ2n) is 10.3. The maximum absolute atomic E-state index is 13.0. The van der Waals surface area contributed by atoms with Crippen molar-refractivity contribution in [2.45, 2.75) is 63.6 Å². The number of nitrogens with zero attached hydrogens (tertiary/aromatic N) is 2. The van der Waals surface area contributed by atoms with Crippen molar-refractivity contribution in [2.24, 2.45) is 0 Å². The molecule has 41 heavy (non-hydrogen) atoms. The van der Waals surface area contributed by atoms with E-state index in [0.29, 0.717) is 22.4 Å². The fourth-order valence-corrected chi connectivity index (χ4v) is 5.78. The van der Waals surface area contributed by atoms with Crippen molar-refractivity contribution in [1.82, 2.24) is 15.6 Å². The zero-order valence-electron chi connectivity index (χ0n) is 22.7. The molecule has 1 aromatic heterocycles. The van der Waals surface area contributed by atoms with Gasteiger partial charge in [-0.25, -0.2) is 4.98 Å². The summed E-state index contributed by atoms with van der Waals surface area (Å²) in [5, 5.41) is 5.97. The van der Waals surface area contributed by atoms with Gasteiger partial charge in [0, 0.05) is 42.0 Å². The van der Waals surface area contributed by atoms with E-state index in [1.165, 1.54) is 30.5 Å². The Morgan fingerprint density at radius 2 is 1.71 bits per heavy atom.